The first kappa shape index (κ1) is 12.0. The zero-order valence-corrected chi connectivity index (χ0v) is 8.41. The molecule has 88 valence electrons. The monoisotopic (exact) mass is 230 g/mol. The van der Waals surface area contributed by atoms with Gasteiger partial charge < -0.3 is 25.3 Å². The Kier molecular flexibility index (Phi) is 3.51. The number of aromatic nitrogens is 2. The molecular weight excluding hydrogens is 220 g/mol. The van der Waals surface area contributed by atoms with Crippen LogP contribution in [0.15, 0.2) is 0 Å². The molecule has 0 amide bonds. The summed E-state index contributed by atoms with van der Waals surface area (Å²) in [5, 5.41) is 30.2. The van der Waals surface area contributed by atoms with Crippen LogP contribution in [0.4, 0.5) is 11.8 Å². The van der Waals surface area contributed by atoms with E-state index in [1.807, 2.05) is 0 Å². The van der Waals surface area contributed by atoms with Crippen molar-refractivity contribution in [2.24, 2.45) is 0 Å². The molecule has 1 aromatic rings. The largest absolute Gasteiger partial charge is 0.472 e. The average molecular weight is 230 g/mol. The maximum absolute atomic E-state index is 10.5. The fourth-order valence-electron chi connectivity index (χ4n) is 1.15. The number of rotatable bonds is 5. The number of nitrogens with one attached hydrogen (secondary N) is 1. The smallest absolute Gasteiger partial charge is 0.393 e. The summed E-state index contributed by atoms with van der Waals surface area (Å²) in [6.45, 7) is 1.70. The molecule has 0 bridgehead atoms. The molecule has 16 heavy (non-hydrogen) atoms. The predicted octanol–water partition coefficient (Wildman–Crippen LogP) is 0.539. The van der Waals surface area contributed by atoms with Gasteiger partial charge in [0.25, 0.3) is 0 Å². The summed E-state index contributed by atoms with van der Waals surface area (Å²) in [6, 6.07) is 0. The second-order valence-corrected chi connectivity index (χ2v) is 3.14. The molecule has 0 radical (unpaired) electrons. The number of nitro groups is 2. The minimum absolute atomic E-state index is 0.0361. The van der Waals surface area contributed by atoms with E-state index in [-0.39, 0.29) is 12.1 Å². The SMILES string of the molecule is CCC(O)Cc1[nH]c([N+](=O)[O-])nc1[N+](=O)[O-]. The van der Waals surface area contributed by atoms with E-state index in [9.17, 15) is 25.3 Å². The molecule has 0 spiro atoms. The minimum Gasteiger partial charge on any atom is -0.393 e. The average Bonchev–Trinajstić information content (AvgIpc) is 2.61. The van der Waals surface area contributed by atoms with Crippen molar-refractivity contribution in [1.82, 2.24) is 9.97 Å². The Hall–Kier alpha value is -2.03. The van der Waals surface area contributed by atoms with Crippen molar-refractivity contribution in [3.8, 4) is 0 Å². The summed E-state index contributed by atoms with van der Waals surface area (Å²) in [6.07, 6.45) is -0.462. The lowest BCUT2D eigenvalue weighted by Gasteiger charge is -2.02. The van der Waals surface area contributed by atoms with Crippen molar-refractivity contribution in [3.05, 3.63) is 25.9 Å². The van der Waals surface area contributed by atoms with Crippen molar-refractivity contribution in [2.45, 2.75) is 25.9 Å². The van der Waals surface area contributed by atoms with E-state index >= 15 is 0 Å². The Balaban J connectivity index is 3.05. The number of imidazole rings is 1. The van der Waals surface area contributed by atoms with Crippen LogP contribution in [0.5, 0.6) is 0 Å². The van der Waals surface area contributed by atoms with Crippen LogP contribution in [0.1, 0.15) is 19.0 Å². The zero-order valence-electron chi connectivity index (χ0n) is 8.41. The topological polar surface area (TPSA) is 135 Å². The Labute approximate surface area is 89.4 Å². The summed E-state index contributed by atoms with van der Waals surface area (Å²) in [5.74, 6) is -1.30. The number of aliphatic hydroxyl groups excluding tert-OH is 1. The highest BCUT2D eigenvalue weighted by Crippen LogP contribution is 2.21. The molecule has 0 aliphatic heterocycles. The minimum atomic E-state index is -0.852. The zero-order chi connectivity index (χ0) is 12.3. The van der Waals surface area contributed by atoms with Gasteiger partial charge in [-0.3, -0.25) is 0 Å². The predicted molar refractivity (Wildman–Crippen MR) is 51.9 cm³/mol. The fourth-order valence-corrected chi connectivity index (χ4v) is 1.15. The van der Waals surface area contributed by atoms with Crippen LogP contribution < -0.4 is 0 Å². The van der Waals surface area contributed by atoms with Gasteiger partial charge in [-0.15, -0.1) is 0 Å². The van der Waals surface area contributed by atoms with E-state index in [0.717, 1.165) is 0 Å². The van der Waals surface area contributed by atoms with E-state index in [4.69, 9.17) is 0 Å². The number of hydrogen-bond donors (Lipinski definition) is 2. The molecule has 0 saturated heterocycles. The Morgan fingerprint density at radius 2 is 2.06 bits per heavy atom. The third-order valence-electron chi connectivity index (χ3n) is 2.00. The number of aromatic amines is 1. The summed E-state index contributed by atoms with van der Waals surface area (Å²) < 4.78 is 0. The van der Waals surface area contributed by atoms with E-state index in [1.165, 1.54) is 0 Å². The van der Waals surface area contributed by atoms with Crippen molar-refractivity contribution in [2.75, 3.05) is 0 Å². The van der Waals surface area contributed by atoms with E-state index in [2.05, 4.69) is 9.97 Å². The fraction of sp³-hybridized carbons (Fsp3) is 0.571. The van der Waals surface area contributed by atoms with Gasteiger partial charge >= 0.3 is 11.8 Å². The van der Waals surface area contributed by atoms with Gasteiger partial charge in [0.2, 0.25) is 0 Å². The Morgan fingerprint density at radius 3 is 2.50 bits per heavy atom. The lowest BCUT2D eigenvalue weighted by Crippen LogP contribution is -2.10. The van der Waals surface area contributed by atoms with Crippen LogP contribution in [0, 0.1) is 20.2 Å². The molecule has 0 aliphatic carbocycles. The standard InChI is InChI=1S/C7H10N4O5/c1-2-4(12)3-5-6(10(13)14)9-7(8-5)11(15)16/h4,12H,2-3H2,1H3,(H,8,9). The van der Waals surface area contributed by atoms with Crippen LogP contribution >= 0.6 is 0 Å². The number of aliphatic hydroxyl groups is 1. The van der Waals surface area contributed by atoms with Gasteiger partial charge in [-0.1, -0.05) is 6.92 Å². The Bertz CT molecular complexity index is 415. The van der Waals surface area contributed by atoms with Crippen molar-refractivity contribution in [1.29, 1.82) is 0 Å². The first-order valence-corrected chi connectivity index (χ1v) is 4.51. The molecule has 2 N–H and O–H groups in total. The highest BCUT2D eigenvalue weighted by Gasteiger charge is 2.28. The molecule has 1 heterocycles. The lowest BCUT2D eigenvalue weighted by molar-refractivity contribution is -0.402. The molecule has 1 unspecified atom stereocenters. The van der Waals surface area contributed by atoms with Gasteiger partial charge in [-0.2, -0.15) is 0 Å². The maximum Gasteiger partial charge on any atom is 0.472 e. The molecule has 1 rings (SSSR count). The third-order valence-corrected chi connectivity index (χ3v) is 2.00. The van der Waals surface area contributed by atoms with Crippen LogP contribution in [0.25, 0.3) is 0 Å². The summed E-state index contributed by atoms with van der Waals surface area (Å²) >= 11 is 0. The van der Waals surface area contributed by atoms with Gasteiger partial charge in [0.1, 0.15) is 0 Å². The first-order valence-electron chi connectivity index (χ1n) is 4.51. The third kappa shape index (κ3) is 2.51. The van der Waals surface area contributed by atoms with Gasteiger partial charge in [-0.25, -0.2) is 4.98 Å². The van der Waals surface area contributed by atoms with Crippen molar-refractivity contribution >= 4 is 11.8 Å². The highest BCUT2D eigenvalue weighted by atomic mass is 16.6. The van der Waals surface area contributed by atoms with Crippen LogP contribution in [-0.2, 0) is 6.42 Å². The lowest BCUT2D eigenvalue weighted by atomic mass is 10.1. The molecule has 0 fully saturated rings. The van der Waals surface area contributed by atoms with E-state index in [0.29, 0.717) is 6.42 Å². The van der Waals surface area contributed by atoms with E-state index < -0.39 is 27.7 Å². The molecule has 9 nitrogen and oxygen atoms in total. The van der Waals surface area contributed by atoms with Gasteiger partial charge in [0, 0.05) is 11.4 Å². The molecule has 9 heteroatoms. The summed E-state index contributed by atoms with van der Waals surface area (Å²) in [7, 11) is 0. The molecule has 0 saturated carbocycles. The van der Waals surface area contributed by atoms with Crippen LogP contribution in [-0.4, -0.2) is 31.0 Å². The van der Waals surface area contributed by atoms with Gasteiger partial charge in [0.15, 0.2) is 5.69 Å². The molecule has 0 aromatic carbocycles. The van der Waals surface area contributed by atoms with Crippen molar-refractivity contribution in [3.63, 3.8) is 0 Å². The quantitative estimate of drug-likeness (QED) is 0.559. The molecule has 1 atom stereocenters. The molecular formula is C7H10N4O5. The van der Waals surface area contributed by atoms with E-state index in [1.54, 1.807) is 6.92 Å². The maximum atomic E-state index is 10.5. The van der Waals surface area contributed by atoms with Crippen molar-refractivity contribution < 1.29 is 15.0 Å². The second kappa shape index (κ2) is 4.66. The highest BCUT2D eigenvalue weighted by molar-refractivity contribution is 5.33. The Morgan fingerprint density at radius 1 is 1.44 bits per heavy atom. The van der Waals surface area contributed by atoms with Gasteiger partial charge in [-0.05, 0) is 16.3 Å². The van der Waals surface area contributed by atoms with Crippen LogP contribution in [0.3, 0.4) is 0 Å². The number of nitrogens with zero attached hydrogens (tertiary/aromatic N) is 3. The summed E-state index contributed by atoms with van der Waals surface area (Å²) in [4.78, 5) is 24.7. The first-order chi connectivity index (χ1) is 7.45. The second-order valence-electron chi connectivity index (χ2n) is 3.14. The normalized spacial score (nSPS) is 12.4. The van der Waals surface area contributed by atoms with Crippen LogP contribution in [0.2, 0.25) is 0 Å². The molecule has 0 aliphatic rings. The number of H-pyrrole nitrogens is 1. The molecule has 1 aromatic heterocycles. The summed E-state index contributed by atoms with van der Waals surface area (Å²) in [5.41, 5.74) is -0.0361. The van der Waals surface area contributed by atoms with Gasteiger partial charge in [0.05, 0.1) is 6.10 Å². The number of hydrogen-bond acceptors (Lipinski definition) is 6.